The van der Waals surface area contributed by atoms with Crippen LogP contribution in [0.2, 0.25) is 0 Å². The van der Waals surface area contributed by atoms with Crippen LogP contribution in [0.1, 0.15) is 31.7 Å². The number of thiazole rings is 1. The Labute approximate surface area is 156 Å². The fraction of sp³-hybridized carbons (Fsp3) is 0.350. The third-order valence-corrected chi connectivity index (χ3v) is 5.73. The van der Waals surface area contributed by atoms with Gasteiger partial charge in [-0.2, -0.15) is 0 Å². The van der Waals surface area contributed by atoms with Crippen molar-refractivity contribution in [3.05, 3.63) is 48.3 Å². The Morgan fingerprint density at radius 1 is 1.31 bits per heavy atom. The maximum absolute atomic E-state index is 13.1. The minimum absolute atomic E-state index is 0.116. The number of benzene rings is 1. The van der Waals surface area contributed by atoms with Crippen LogP contribution in [-0.2, 0) is 11.3 Å². The maximum atomic E-state index is 13.1. The summed E-state index contributed by atoms with van der Waals surface area (Å²) in [5, 5.41) is 0.730. The number of amides is 1. The fourth-order valence-electron chi connectivity index (χ4n) is 3.09. The summed E-state index contributed by atoms with van der Waals surface area (Å²) in [5.41, 5.74) is 1.83. The van der Waals surface area contributed by atoms with Gasteiger partial charge in [-0.25, -0.2) is 4.98 Å². The molecule has 0 atom stereocenters. The number of hydrogen-bond donors (Lipinski definition) is 0. The molecule has 4 rings (SSSR count). The highest BCUT2D eigenvalue weighted by Gasteiger charge is 2.32. The zero-order valence-electron chi connectivity index (χ0n) is 14.7. The molecule has 1 aromatic carbocycles. The zero-order chi connectivity index (χ0) is 17.9. The molecule has 0 spiro atoms. The predicted octanol–water partition coefficient (Wildman–Crippen LogP) is 4.42. The van der Waals surface area contributed by atoms with Crippen LogP contribution in [-0.4, -0.2) is 22.5 Å². The van der Waals surface area contributed by atoms with Gasteiger partial charge in [0.05, 0.1) is 17.9 Å². The molecule has 1 fully saturated rings. The molecule has 5 nitrogen and oxygen atoms in total. The highest BCUT2D eigenvalue weighted by molar-refractivity contribution is 7.22. The monoisotopic (exact) mass is 367 g/mol. The van der Waals surface area contributed by atoms with Crippen molar-refractivity contribution in [2.75, 3.05) is 11.5 Å². The van der Waals surface area contributed by atoms with Crippen LogP contribution in [0.4, 0.5) is 5.13 Å². The first kappa shape index (κ1) is 17.0. The van der Waals surface area contributed by atoms with E-state index in [4.69, 9.17) is 9.72 Å². The molecule has 0 bridgehead atoms. The van der Waals surface area contributed by atoms with Crippen LogP contribution in [0.25, 0.3) is 10.2 Å². The molecule has 3 aromatic rings. The van der Waals surface area contributed by atoms with E-state index >= 15 is 0 Å². The van der Waals surface area contributed by atoms with Crippen molar-refractivity contribution < 1.29 is 9.53 Å². The van der Waals surface area contributed by atoms with Crippen LogP contribution in [0.5, 0.6) is 5.75 Å². The molecular formula is C20H21N3O2S. The maximum Gasteiger partial charge on any atom is 0.232 e. The lowest BCUT2D eigenvalue weighted by Crippen LogP contribution is -2.38. The van der Waals surface area contributed by atoms with Crippen molar-refractivity contribution in [3.8, 4) is 5.75 Å². The van der Waals surface area contributed by atoms with Crippen LogP contribution in [0.15, 0.2) is 42.7 Å². The van der Waals surface area contributed by atoms with E-state index in [1.165, 1.54) is 11.3 Å². The Hall–Kier alpha value is -2.47. The molecular weight excluding hydrogens is 346 g/mol. The number of ether oxygens (including phenoxy) is 1. The van der Waals surface area contributed by atoms with Gasteiger partial charge in [0.25, 0.3) is 0 Å². The summed E-state index contributed by atoms with van der Waals surface area (Å²) < 4.78 is 6.73. The van der Waals surface area contributed by atoms with Crippen LogP contribution in [0, 0.1) is 5.92 Å². The van der Waals surface area contributed by atoms with E-state index in [9.17, 15) is 4.79 Å². The van der Waals surface area contributed by atoms with Gasteiger partial charge in [0, 0.05) is 18.3 Å². The first-order valence-corrected chi connectivity index (χ1v) is 9.80. The first-order valence-electron chi connectivity index (χ1n) is 8.99. The Morgan fingerprint density at radius 3 is 2.88 bits per heavy atom. The third kappa shape index (κ3) is 3.29. The summed E-state index contributed by atoms with van der Waals surface area (Å²) in [5.74, 6) is 1.05. The summed E-state index contributed by atoms with van der Waals surface area (Å²) in [4.78, 5) is 23.8. The molecule has 1 amide bonds. The number of aromatic nitrogens is 2. The number of para-hydroxylation sites is 1. The highest BCUT2D eigenvalue weighted by atomic mass is 32.1. The van der Waals surface area contributed by atoms with E-state index < -0.39 is 0 Å². The van der Waals surface area contributed by atoms with Gasteiger partial charge in [-0.1, -0.05) is 29.9 Å². The Balaban J connectivity index is 1.71. The minimum Gasteiger partial charge on any atom is -0.492 e. The second-order valence-electron chi connectivity index (χ2n) is 6.45. The third-order valence-electron chi connectivity index (χ3n) is 4.69. The topological polar surface area (TPSA) is 55.3 Å². The van der Waals surface area contributed by atoms with E-state index in [1.807, 2.05) is 42.2 Å². The Kier molecular flexibility index (Phi) is 4.84. The Bertz CT molecular complexity index is 906. The van der Waals surface area contributed by atoms with Gasteiger partial charge in [0.15, 0.2) is 5.13 Å². The number of nitrogens with zero attached hydrogens (tertiary/aromatic N) is 3. The van der Waals surface area contributed by atoms with Crippen LogP contribution in [0.3, 0.4) is 0 Å². The van der Waals surface area contributed by atoms with Gasteiger partial charge < -0.3 is 4.74 Å². The minimum atomic E-state index is 0.116. The molecule has 0 unspecified atom stereocenters. The summed E-state index contributed by atoms with van der Waals surface area (Å²) in [7, 11) is 0. The molecule has 0 N–H and O–H groups in total. The average molecular weight is 367 g/mol. The standard InChI is InChI=1S/C20H21N3O2S/c1-2-25-16-9-4-10-17-18(16)22-20(26-17)23(19(24)15-7-3-8-15)13-14-6-5-11-21-12-14/h4-6,9-12,15H,2-3,7-8,13H2,1H3. The van der Waals surface area contributed by atoms with Gasteiger partial charge in [-0.05, 0) is 43.5 Å². The largest absolute Gasteiger partial charge is 0.492 e. The van der Waals surface area contributed by atoms with Gasteiger partial charge >= 0.3 is 0 Å². The number of rotatable bonds is 6. The van der Waals surface area contributed by atoms with Gasteiger partial charge in [0.1, 0.15) is 11.3 Å². The lowest BCUT2D eigenvalue weighted by molar-refractivity contribution is -0.124. The first-order chi connectivity index (χ1) is 12.8. The van der Waals surface area contributed by atoms with Crippen molar-refractivity contribution in [3.63, 3.8) is 0 Å². The SMILES string of the molecule is CCOc1cccc2sc(N(Cc3cccnc3)C(=O)C3CCC3)nc12. The van der Waals surface area contributed by atoms with E-state index in [-0.39, 0.29) is 11.8 Å². The van der Waals surface area contributed by atoms with Gasteiger partial charge in [0.2, 0.25) is 5.91 Å². The smallest absolute Gasteiger partial charge is 0.232 e. The second kappa shape index (κ2) is 7.41. The Morgan fingerprint density at radius 2 is 2.19 bits per heavy atom. The molecule has 26 heavy (non-hydrogen) atoms. The van der Waals surface area contributed by atoms with Gasteiger partial charge in [-0.15, -0.1) is 0 Å². The number of anilines is 1. The van der Waals surface area contributed by atoms with Crippen molar-refractivity contribution >= 4 is 32.6 Å². The molecule has 2 aromatic heterocycles. The summed E-state index contributed by atoms with van der Waals surface area (Å²) >= 11 is 1.54. The lowest BCUT2D eigenvalue weighted by atomic mass is 9.84. The van der Waals surface area contributed by atoms with Crippen LogP contribution >= 0.6 is 11.3 Å². The normalized spacial score (nSPS) is 14.2. The van der Waals surface area contributed by atoms with E-state index in [0.717, 1.165) is 45.9 Å². The molecule has 134 valence electrons. The second-order valence-corrected chi connectivity index (χ2v) is 7.45. The predicted molar refractivity (Wildman–Crippen MR) is 104 cm³/mol. The zero-order valence-corrected chi connectivity index (χ0v) is 15.5. The number of fused-ring (bicyclic) bond motifs is 1. The van der Waals surface area contributed by atoms with Crippen molar-refractivity contribution in [1.29, 1.82) is 0 Å². The molecule has 1 saturated carbocycles. The van der Waals surface area contributed by atoms with E-state index in [2.05, 4.69) is 4.98 Å². The van der Waals surface area contributed by atoms with Crippen LogP contribution < -0.4 is 9.64 Å². The molecule has 1 aliphatic rings. The molecule has 1 aliphatic carbocycles. The quantitative estimate of drug-likeness (QED) is 0.647. The molecule has 0 radical (unpaired) electrons. The highest BCUT2D eigenvalue weighted by Crippen LogP contribution is 2.37. The average Bonchev–Trinajstić information content (AvgIpc) is 3.04. The number of carbonyl (C=O) groups is 1. The van der Waals surface area contributed by atoms with E-state index in [1.54, 1.807) is 12.4 Å². The van der Waals surface area contributed by atoms with Crippen molar-refractivity contribution in [1.82, 2.24) is 9.97 Å². The number of hydrogen-bond acceptors (Lipinski definition) is 5. The van der Waals surface area contributed by atoms with Crippen molar-refractivity contribution in [2.24, 2.45) is 5.92 Å². The molecule has 2 heterocycles. The number of pyridine rings is 1. The molecule has 6 heteroatoms. The summed E-state index contributed by atoms with van der Waals surface area (Å²) in [6, 6.07) is 9.80. The fourth-order valence-corrected chi connectivity index (χ4v) is 4.08. The summed E-state index contributed by atoms with van der Waals surface area (Å²) in [6.07, 6.45) is 6.62. The van der Waals surface area contributed by atoms with Crippen molar-refractivity contribution in [2.45, 2.75) is 32.7 Å². The van der Waals surface area contributed by atoms with E-state index in [0.29, 0.717) is 13.2 Å². The number of carbonyl (C=O) groups excluding carboxylic acids is 1. The summed E-state index contributed by atoms with van der Waals surface area (Å²) in [6.45, 7) is 3.04. The van der Waals surface area contributed by atoms with Gasteiger partial charge in [-0.3, -0.25) is 14.7 Å². The molecule has 0 aliphatic heterocycles. The lowest BCUT2D eigenvalue weighted by Gasteiger charge is -2.30. The molecule has 0 saturated heterocycles.